The van der Waals surface area contributed by atoms with E-state index in [1.165, 1.54) is 6.21 Å². The Morgan fingerprint density at radius 1 is 1.32 bits per heavy atom. The normalized spacial score (nSPS) is 18.2. The van der Waals surface area contributed by atoms with E-state index in [0.717, 1.165) is 17.1 Å². The summed E-state index contributed by atoms with van der Waals surface area (Å²) in [5.41, 5.74) is 1.59. The summed E-state index contributed by atoms with van der Waals surface area (Å²) in [4.78, 5) is 17.4. The maximum Gasteiger partial charge on any atom is 0.168 e. The van der Waals surface area contributed by atoms with Gasteiger partial charge in [0.1, 0.15) is 15.8 Å². The van der Waals surface area contributed by atoms with Crippen molar-refractivity contribution < 1.29 is 14.7 Å². The Kier molecular flexibility index (Phi) is 5.67. The van der Waals surface area contributed by atoms with E-state index in [0.29, 0.717) is 21.5 Å². The number of halogens is 2. The second kappa shape index (κ2) is 7.95. The summed E-state index contributed by atoms with van der Waals surface area (Å²) in [6.45, 7) is 0.0431. The molecule has 0 saturated carbocycles. The van der Waals surface area contributed by atoms with E-state index in [4.69, 9.17) is 28.0 Å². The Morgan fingerprint density at radius 2 is 2.08 bits per heavy atom. The molecule has 6 nitrogen and oxygen atoms in total. The van der Waals surface area contributed by atoms with E-state index >= 15 is 0 Å². The number of hydrogen-bond donors (Lipinski definition) is 1. The Labute approximate surface area is 157 Å². The van der Waals surface area contributed by atoms with Gasteiger partial charge in [-0.1, -0.05) is 45.0 Å². The molecule has 0 spiro atoms. The molecule has 0 amide bonds. The molecule has 0 aliphatic heterocycles. The molecular weight excluding hydrogens is 385 g/mol. The van der Waals surface area contributed by atoms with Crippen LogP contribution in [0.1, 0.15) is 30.0 Å². The fourth-order valence-corrected chi connectivity index (χ4v) is 3.23. The zero-order valence-corrected chi connectivity index (χ0v) is 15.2. The second-order valence-electron chi connectivity index (χ2n) is 5.44. The predicted octanol–water partition coefficient (Wildman–Crippen LogP) is 4.31. The Hall–Kier alpha value is -1.96. The van der Waals surface area contributed by atoms with E-state index in [-0.39, 0.29) is 36.1 Å². The van der Waals surface area contributed by atoms with Gasteiger partial charge in [-0.25, -0.2) is 0 Å². The standard InChI is InChI=1S/C16H13Cl2N3O3S/c17-11-3-1-9(2-4-11)10-5-14(22)12(15(23)6-10)7-19-24-8-13-16(18)25-21-20-13/h1-4,7,10,22H,5-6,8H2/b19-7+. The maximum absolute atomic E-state index is 12.3. The van der Waals surface area contributed by atoms with Gasteiger partial charge in [-0.05, 0) is 23.6 Å². The molecule has 1 aliphatic carbocycles. The van der Waals surface area contributed by atoms with Gasteiger partial charge in [0.2, 0.25) is 0 Å². The molecule has 3 rings (SSSR count). The summed E-state index contributed by atoms with van der Waals surface area (Å²) in [6.07, 6.45) is 1.87. The summed E-state index contributed by atoms with van der Waals surface area (Å²) in [6, 6.07) is 7.26. The lowest BCUT2D eigenvalue weighted by Crippen LogP contribution is -2.19. The fourth-order valence-electron chi connectivity index (χ4n) is 2.50. The van der Waals surface area contributed by atoms with E-state index in [2.05, 4.69) is 14.7 Å². The van der Waals surface area contributed by atoms with Crippen LogP contribution < -0.4 is 0 Å². The smallest absolute Gasteiger partial charge is 0.168 e. The molecule has 0 fully saturated rings. The Balaban J connectivity index is 1.64. The van der Waals surface area contributed by atoms with E-state index in [1.54, 1.807) is 12.1 Å². The highest BCUT2D eigenvalue weighted by molar-refractivity contribution is 7.10. The molecule has 1 heterocycles. The Bertz CT molecular complexity index is 833. The van der Waals surface area contributed by atoms with E-state index in [9.17, 15) is 9.90 Å². The van der Waals surface area contributed by atoms with Gasteiger partial charge in [-0.3, -0.25) is 4.79 Å². The zero-order valence-electron chi connectivity index (χ0n) is 12.9. The van der Waals surface area contributed by atoms with Crippen LogP contribution in [0, 0.1) is 0 Å². The van der Waals surface area contributed by atoms with Gasteiger partial charge < -0.3 is 9.94 Å². The van der Waals surface area contributed by atoms with Crippen LogP contribution in [-0.4, -0.2) is 26.7 Å². The molecule has 1 aromatic carbocycles. The van der Waals surface area contributed by atoms with Gasteiger partial charge in [0.25, 0.3) is 0 Å². The average Bonchev–Trinajstić information content (AvgIpc) is 2.99. The highest BCUT2D eigenvalue weighted by atomic mass is 35.5. The van der Waals surface area contributed by atoms with Crippen LogP contribution in [0.3, 0.4) is 0 Å². The largest absolute Gasteiger partial charge is 0.511 e. The van der Waals surface area contributed by atoms with Gasteiger partial charge in [0, 0.05) is 29.4 Å². The van der Waals surface area contributed by atoms with Crippen LogP contribution in [0.4, 0.5) is 0 Å². The van der Waals surface area contributed by atoms with Crippen LogP contribution in [0.25, 0.3) is 0 Å². The SMILES string of the molecule is O=C1CC(c2ccc(Cl)cc2)CC(O)=C1/C=N/OCc1nnsc1Cl. The first kappa shape index (κ1) is 17.8. The maximum atomic E-state index is 12.3. The number of carbonyl (C=O) groups is 1. The van der Waals surface area contributed by atoms with Crippen molar-refractivity contribution in [3.8, 4) is 0 Å². The second-order valence-corrected chi connectivity index (χ2v) is 7.23. The summed E-state index contributed by atoms with van der Waals surface area (Å²) in [5.74, 6) is -0.274. The molecule has 1 aliphatic rings. The first-order chi connectivity index (χ1) is 12.0. The van der Waals surface area contributed by atoms with Gasteiger partial charge >= 0.3 is 0 Å². The molecule has 1 aromatic heterocycles. The topological polar surface area (TPSA) is 84.7 Å². The summed E-state index contributed by atoms with van der Waals surface area (Å²) in [5, 5.41) is 18.3. The lowest BCUT2D eigenvalue weighted by atomic mass is 9.83. The molecule has 0 radical (unpaired) electrons. The summed E-state index contributed by atoms with van der Waals surface area (Å²) < 4.78 is 4.10. The van der Waals surface area contributed by atoms with Crippen molar-refractivity contribution >= 4 is 46.7 Å². The number of rotatable bonds is 5. The lowest BCUT2D eigenvalue weighted by molar-refractivity contribution is -0.116. The molecule has 25 heavy (non-hydrogen) atoms. The monoisotopic (exact) mass is 397 g/mol. The van der Waals surface area contributed by atoms with Gasteiger partial charge in [0.05, 0.1) is 11.8 Å². The quantitative estimate of drug-likeness (QED) is 0.600. The number of benzene rings is 1. The summed E-state index contributed by atoms with van der Waals surface area (Å²) in [7, 11) is 0. The minimum Gasteiger partial charge on any atom is -0.511 e. The molecule has 2 aromatic rings. The van der Waals surface area contributed by atoms with Crippen LogP contribution in [0.5, 0.6) is 0 Å². The van der Waals surface area contributed by atoms with E-state index in [1.807, 2.05) is 12.1 Å². The fraction of sp³-hybridized carbons (Fsp3) is 0.250. The van der Waals surface area contributed by atoms with E-state index < -0.39 is 0 Å². The number of carbonyl (C=O) groups excluding carboxylic acids is 1. The minimum atomic E-state index is -0.190. The molecule has 0 bridgehead atoms. The van der Waals surface area contributed by atoms with Crippen LogP contribution in [0.15, 0.2) is 40.8 Å². The van der Waals surface area contributed by atoms with Gasteiger partial charge in [-0.15, -0.1) is 5.10 Å². The summed E-state index contributed by atoms with van der Waals surface area (Å²) >= 11 is 12.8. The first-order valence-electron chi connectivity index (χ1n) is 7.37. The van der Waals surface area contributed by atoms with Crippen molar-refractivity contribution in [1.82, 2.24) is 9.59 Å². The average molecular weight is 398 g/mol. The third-order valence-corrected chi connectivity index (χ3v) is 5.03. The predicted molar refractivity (Wildman–Crippen MR) is 96.3 cm³/mol. The third kappa shape index (κ3) is 4.36. The molecule has 1 unspecified atom stereocenters. The molecule has 1 N–H and O–H groups in total. The zero-order chi connectivity index (χ0) is 17.8. The molecular formula is C16H13Cl2N3O3S. The van der Waals surface area contributed by atoms with Crippen LogP contribution >= 0.6 is 34.7 Å². The molecule has 1 atom stereocenters. The number of oxime groups is 1. The van der Waals surface area contributed by atoms with Crippen molar-refractivity contribution in [3.63, 3.8) is 0 Å². The third-order valence-electron chi connectivity index (χ3n) is 3.79. The van der Waals surface area contributed by atoms with Crippen molar-refractivity contribution in [2.45, 2.75) is 25.4 Å². The number of Topliss-reactive ketones (excluding diaryl/α,β-unsaturated/α-hetero) is 1. The minimum absolute atomic E-state index is 0.00286. The van der Waals surface area contributed by atoms with Crippen LogP contribution in [0.2, 0.25) is 9.36 Å². The lowest BCUT2D eigenvalue weighted by Gasteiger charge is -2.22. The molecule has 130 valence electrons. The highest BCUT2D eigenvalue weighted by Crippen LogP contribution is 2.33. The number of aliphatic hydroxyl groups is 1. The number of hydrogen-bond acceptors (Lipinski definition) is 7. The van der Waals surface area contributed by atoms with Crippen molar-refractivity contribution in [1.29, 1.82) is 0 Å². The number of ketones is 1. The number of aromatic nitrogens is 2. The van der Waals surface area contributed by atoms with Crippen molar-refractivity contribution in [2.24, 2.45) is 5.16 Å². The number of allylic oxidation sites excluding steroid dienone is 2. The van der Waals surface area contributed by atoms with Gasteiger partial charge in [0.15, 0.2) is 12.4 Å². The first-order valence-corrected chi connectivity index (χ1v) is 8.90. The van der Waals surface area contributed by atoms with Crippen LogP contribution in [-0.2, 0) is 16.2 Å². The highest BCUT2D eigenvalue weighted by Gasteiger charge is 2.27. The number of aliphatic hydroxyl groups excluding tert-OH is 1. The Morgan fingerprint density at radius 3 is 2.72 bits per heavy atom. The van der Waals surface area contributed by atoms with Crippen molar-refractivity contribution in [2.75, 3.05) is 0 Å². The molecule has 0 saturated heterocycles. The number of nitrogens with zero attached hydrogens (tertiary/aromatic N) is 3. The van der Waals surface area contributed by atoms with Gasteiger partial charge in [-0.2, -0.15) is 0 Å². The van der Waals surface area contributed by atoms with Crippen molar-refractivity contribution in [3.05, 3.63) is 56.2 Å². The molecule has 9 heteroatoms.